The Morgan fingerprint density at radius 2 is 1.69 bits per heavy atom. The number of anilines is 1. The van der Waals surface area contributed by atoms with Gasteiger partial charge >= 0.3 is 5.97 Å². The molecule has 2 aromatic rings. The molecule has 1 aliphatic heterocycles. The number of rotatable bonds is 5. The lowest BCUT2D eigenvalue weighted by Gasteiger charge is -2.27. The van der Waals surface area contributed by atoms with Crippen LogP contribution in [0, 0.1) is 5.92 Å². The fraction of sp³-hybridized carbons (Fsp3) is 0.211. The zero-order valence-electron chi connectivity index (χ0n) is 15.2. The van der Waals surface area contributed by atoms with Crippen molar-refractivity contribution in [2.24, 2.45) is 11.1 Å². The fourth-order valence-corrected chi connectivity index (χ4v) is 3.86. The highest BCUT2D eigenvalue weighted by Gasteiger charge is 2.53. The van der Waals surface area contributed by atoms with Crippen molar-refractivity contribution in [1.82, 2.24) is 0 Å². The molecule has 0 saturated carbocycles. The molecule has 3 rings (SSSR count). The van der Waals surface area contributed by atoms with E-state index in [0.717, 1.165) is 4.90 Å². The summed E-state index contributed by atoms with van der Waals surface area (Å²) in [5, 5.41) is 5.55. The Morgan fingerprint density at radius 3 is 2.21 bits per heavy atom. The Morgan fingerprint density at radius 1 is 1.10 bits per heavy atom. The average molecular weight is 437 g/mol. The molecule has 0 spiro atoms. The number of halogens is 1. The minimum absolute atomic E-state index is 0.0488. The molecular weight excluding hydrogens is 420 g/mol. The lowest BCUT2D eigenvalue weighted by molar-refractivity contribution is -0.152. The van der Waals surface area contributed by atoms with Crippen molar-refractivity contribution in [2.75, 3.05) is 11.5 Å². The number of carbonyl (C=O) groups is 3. The molecular formula is C19H17ClN2O6S. The van der Waals surface area contributed by atoms with Crippen molar-refractivity contribution in [3.05, 3.63) is 59.1 Å². The van der Waals surface area contributed by atoms with Gasteiger partial charge in [0, 0.05) is 10.7 Å². The molecule has 0 unspecified atom stereocenters. The van der Waals surface area contributed by atoms with Crippen LogP contribution in [0.2, 0.25) is 5.02 Å². The van der Waals surface area contributed by atoms with Gasteiger partial charge in [-0.3, -0.25) is 19.3 Å². The van der Waals surface area contributed by atoms with Crippen LogP contribution in [0.3, 0.4) is 0 Å². The molecule has 1 fully saturated rings. The van der Waals surface area contributed by atoms with Crippen LogP contribution in [0.25, 0.3) is 0 Å². The van der Waals surface area contributed by atoms with Gasteiger partial charge in [0.05, 0.1) is 17.5 Å². The molecule has 152 valence electrons. The quantitative estimate of drug-likeness (QED) is 0.433. The Hall–Kier alpha value is -2.75. The van der Waals surface area contributed by atoms with Gasteiger partial charge in [0.15, 0.2) is 0 Å². The zero-order valence-corrected chi connectivity index (χ0v) is 16.8. The van der Waals surface area contributed by atoms with Crippen LogP contribution in [0.1, 0.15) is 18.5 Å². The van der Waals surface area contributed by atoms with Gasteiger partial charge in [-0.25, -0.2) is 13.6 Å². The maximum Gasteiger partial charge on any atom is 0.319 e. The van der Waals surface area contributed by atoms with Crippen LogP contribution in [-0.4, -0.2) is 32.7 Å². The predicted molar refractivity (Wildman–Crippen MR) is 105 cm³/mol. The van der Waals surface area contributed by atoms with E-state index in [4.69, 9.17) is 21.5 Å². The molecule has 2 N–H and O–H groups in total. The highest BCUT2D eigenvalue weighted by molar-refractivity contribution is 7.89. The van der Waals surface area contributed by atoms with Crippen LogP contribution < -0.4 is 10.0 Å². The monoisotopic (exact) mass is 436 g/mol. The summed E-state index contributed by atoms with van der Waals surface area (Å²) in [6.45, 7) is 1.65. The lowest BCUT2D eigenvalue weighted by Crippen LogP contribution is -2.31. The van der Waals surface area contributed by atoms with Gasteiger partial charge < -0.3 is 4.74 Å². The Bertz CT molecular complexity index is 1070. The third-order valence-electron chi connectivity index (χ3n) is 4.50. The first-order valence-corrected chi connectivity index (χ1v) is 10.5. The van der Waals surface area contributed by atoms with E-state index in [1.165, 1.54) is 24.3 Å². The molecule has 10 heteroatoms. The number of Topliss-reactive ketones (excluding diaryl/α,β-unsaturated/α-hetero) is 1. The number of hydrogen-bond donors (Lipinski definition) is 1. The van der Waals surface area contributed by atoms with Gasteiger partial charge in [-0.1, -0.05) is 23.7 Å². The third kappa shape index (κ3) is 4.02. The number of hydrogen-bond acceptors (Lipinski definition) is 6. The van der Waals surface area contributed by atoms with Crippen LogP contribution >= 0.6 is 11.6 Å². The van der Waals surface area contributed by atoms with E-state index in [2.05, 4.69) is 0 Å². The lowest BCUT2D eigenvalue weighted by atomic mass is 9.92. The maximum absolute atomic E-state index is 12.8. The van der Waals surface area contributed by atoms with Crippen molar-refractivity contribution < 1.29 is 27.5 Å². The number of nitrogens with zero attached hydrogens (tertiary/aromatic N) is 1. The number of nitrogens with two attached hydrogens (primary N) is 1. The van der Waals surface area contributed by atoms with Gasteiger partial charge in [0.25, 0.3) is 5.91 Å². The smallest absolute Gasteiger partial charge is 0.319 e. The van der Waals surface area contributed by atoms with Crippen molar-refractivity contribution >= 4 is 45.0 Å². The number of benzene rings is 2. The van der Waals surface area contributed by atoms with E-state index in [1.54, 1.807) is 31.2 Å². The summed E-state index contributed by atoms with van der Waals surface area (Å²) >= 11 is 5.93. The summed E-state index contributed by atoms with van der Waals surface area (Å²) in [5.41, 5.74) is 0.740. The zero-order chi connectivity index (χ0) is 21.3. The molecule has 8 nitrogen and oxygen atoms in total. The summed E-state index contributed by atoms with van der Waals surface area (Å²) in [5.74, 6) is -3.97. The normalized spacial score (nSPS) is 19.5. The molecule has 1 saturated heterocycles. The highest BCUT2D eigenvalue weighted by atomic mass is 35.5. The molecule has 1 heterocycles. The number of ketones is 1. The Balaban J connectivity index is 2.12. The number of amides is 1. The Kier molecular flexibility index (Phi) is 5.74. The van der Waals surface area contributed by atoms with Crippen LogP contribution in [0.15, 0.2) is 53.4 Å². The van der Waals surface area contributed by atoms with E-state index in [0.29, 0.717) is 10.6 Å². The summed E-state index contributed by atoms with van der Waals surface area (Å²) in [6, 6.07) is 10.5. The number of primary sulfonamides is 1. The number of sulfonamides is 1. The SMILES string of the molecule is CCOC(=O)[C@@H]1C(=O)C(=O)N(c2ccc(S(N)(=O)=O)cc2)[C@H]1c1ccc(Cl)cc1. The van der Waals surface area contributed by atoms with Crippen molar-refractivity contribution in [2.45, 2.75) is 17.9 Å². The Labute approximate surface area is 172 Å². The van der Waals surface area contributed by atoms with E-state index in [1.807, 2.05) is 0 Å². The van der Waals surface area contributed by atoms with Gasteiger partial charge in [-0.2, -0.15) is 0 Å². The van der Waals surface area contributed by atoms with Gasteiger partial charge in [-0.15, -0.1) is 0 Å². The first kappa shape index (κ1) is 21.0. The first-order chi connectivity index (χ1) is 13.6. The molecule has 0 aromatic heterocycles. The third-order valence-corrected chi connectivity index (χ3v) is 5.68. The molecule has 2 atom stereocenters. The first-order valence-electron chi connectivity index (χ1n) is 8.57. The second-order valence-corrected chi connectivity index (χ2v) is 8.30. The van der Waals surface area contributed by atoms with E-state index < -0.39 is 39.6 Å². The summed E-state index contributed by atoms with van der Waals surface area (Å²) in [4.78, 5) is 38.9. The molecule has 29 heavy (non-hydrogen) atoms. The van der Waals surface area contributed by atoms with E-state index in [-0.39, 0.29) is 17.2 Å². The van der Waals surface area contributed by atoms with Crippen molar-refractivity contribution in [3.8, 4) is 0 Å². The largest absolute Gasteiger partial charge is 0.465 e. The van der Waals surface area contributed by atoms with E-state index in [9.17, 15) is 22.8 Å². The molecule has 0 bridgehead atoms. The van der Waals surface area contributed by atoms with E-state index >= 15 is 0 Å². The van der Waals surface area contributed by atoms with Crippen LogP contribution in [0.5, 0.6) is 0 Å². The molecule has 0 aliphatic carbocycles. The topological polar surface area (TPSA) is 124 Å². The van der Waals surface area contributed by atoms with Gasteiger partial charge in [0.1, 0.15) is 5.92 Å². The average Bonchev–Trinajstić information content (AvgIpc) is 2.93. The van der Waals surface area contributed by atoms with Gasteiger partial charge in [0.2, 0.25) is 15.8 Å². The van der Waals surface area contributed by atoms with Gasteiger partial charge in [-0.05, 0) is 48.9 Å². The van der Waals surface area contributed by atoms with Crippen molar-refractivity contribution in [3.63, 3.8) is 0 Å². The number of ether oxygens (including phenoxy) is 1. The summed E-state index contributed by atoms with van der Waals surface area (Å²) in [7, 11) is -3.93. The highest BCUT2D eigenvalue weighted by Crippen LogP contribution is 2.40. The summed E-state index contributed by atoms with van der Waals surface area (Å²) in [6.07, 6.45) is 0. The number of esters is 1. The summed E-state index contributed by atoms with van der Waals surface area (Å²) < 4.78 is 28.0. The maximum atomic E-state index is 12.8. The minimum atomic E-state index is -3.93. The molecule has 0 radical (unpaired) electrons. The standard InChI is InChI=1S/C19H17ClN2O6S/c1-2-28-19(25)15-16(11-3-5-12(20)6-4-11)22(18(24)17(15)23)13-7-9-14(10-8-13)29(21,26)27/h3-10,15-16H,2H2,1H3,(H2,21,26,27)/t15-,16-/m0/s1. The number of carbonyl (C=O) groups excluding carboxylic acids is 3. The molecule has 1 aliphatic rings. The predicted octanol–water partition coefficient (Wildman–Crippen LogP) is 1.82. The fourth-order valence-electron chi connectivity index (χ4n) is 3.21. The molecule has 2 aromatic carbocycles. The second kappa shape index (κ2) is 7.94. The minimum Gasteiger partial charge on any atom is -0.465 e. The van der Waals surface area contributed by atoms with Crippen molar-refractivity contribution in [1.29, 1.82) is 0 Å². The molecule has 1 amide bonds. The second-order valence-electron chi connectivity index (χ2n) is 6.30. The van der Waals surface area contributed by atoms with Crippen LogP contribution in [0.4, 0.5) is 5.69 Å². The van der Waals surface area contributed by atoms with Crippen LogP contribution in [-0.2, 0) is 29.1 Å².